The molecule has 2 N–H and O–H groups in total. The zero-order valence-electron chi connectivity index (χ0n) is 14.3. The number of hydrogen-bond donors (Lipinski definition) is 2. The van der Waals surface area contributed by atoms with Crippen LogP contribution in [0.1, 0.15) is 38.4 Å². The average Bonchev–Trinajstić information content (AvgIpc) is 3.18. The van der Waals surface area contributed by atoms with E-state index in [-0.39, 0.29) is 18.2 Å². The molecule has 0 aromatic carbocycles. The summed E-state index contributed by atoms with van der Waals surface area (Å²) in [5.41, 5.74) is 0. The Balaban J connectivity index is 1.85. The van der Waals surface area contributed by atoms with Gasteiger partial charge in [0.15, 0.2) is 0 Å². The number of thiocarbonyl (C=S) groups is 1. The lowest BCUT2D eigenvalue weighted by atomic mass is 10.2. The molecule has 2 heterocycles. The summed E-state index contributed by atoms with van der Waals surface area (Å²) >= 11 is 6.38. The lowest BCUT2D eigenvalue weighted by Crippen LogP contribution is -2.47. The number of thioether (sulfide) groups is 1. The molecule has 2 amide bonds. The predicted molar refractivity (Wildman–Crippen MR) is 102 cm³/mol. The first kappa shape index (κ1) is 20.2. The van der Waals surface area contributed by atoms with Crippen molar-refractivity contribution in [2.75, 3.05) is 6.54 Å². The van der Waals surface area contributed by atoms with Crippen LogP contribution in [0.5, 0.6) is 0 Å². The molecule has 1 atom stereocenters. The summed E-state index contributed by atoms with van der Waals surface area (Å²) in [7, 11) is 0. The SMILES string of the molecule is CC(C(=O)NCCCCCC(=O)O)N1C(=O)/C(=C/c2ccco2)SC1=S. The second-order valence-electron chi connectivity index (χ2n) is 5.74. The fourth-order valence-corrected chi connectivity index (χ4v) is 3.77. The molecule has 0 saturated carbocycles. The van der Waals surface area contributed by atoms with Crippen LogP contribution < -0.4 is 5.32 Å². The lowest BCUT2D eigenvalue weighted by molar-refractivity contribution is -0.137. The monoisotopic (exact) mass is 396 g/mol. The number of amides is 2. The first-order valence-electron chi connectivity index (χ1n) is 8.20. The standard InChI is InChI=1S/C17H20N2O5S2/c1-11(15(22)18-8-4-2-3-7-14(20)21)19-16(23)13(26-17(19)25)10-12-6-5-9-24-12/h5-6,9-11H,2-4,7-8H2,1H3,(H,18,22)(H,20,21)/b13-10-. The molecule has 26 heavy (non-hydrogen) atoms. The number of nitrogens with zero attached hydrogens (tertiary/aromatic N) is 1. The third kappa shape index (κ3) is 5.43. The smallest absolute Gasteiger partial charge is 0.303 e. The van der Waals surface area contributed by atoms with Crippen LogP contribution in [0.15, 0.2) is 27.7 Å². The average molecular weight is 396 g/mol. The zero-order chi connectivity index (χ0) is 19.1. The van der Waals surface area contributed by atoms with Gasteiger partial charge >= 0.3 is 5.97 Å². The van der Waals surface area contributed by atoms with E-state index in [1.165, 1.54) is 11.2 Å². The third-order valence-corrected chi connectivity index (χ3v) is 5.10. The van der Waals surface area contributed by atoms with E-state index in [2.05, 4.69) is 5.32 Å². The summed E-state index contributed by atoms with van der Waals surface area (Å²) < 4.78 is 5.53. The Morgan fingerprint density at radius 2 is 2.19 bits per heavy atom. The molecule has 0 aliphatic carbocycles. The number of rotatable bonds is 9. The van der Waals surface area contributed by atoms with Crippen LogP contribution in [-0.2, 0) is 14.4 Å². The van der Waals surface area contributed by atoms with Crippen LogP contribution in [0.3, 0.4) is 0 Å². The van der Waals surface area contributed by atoms with E-state index in [1.807, 2.05) is 0 Å². The van der Waals surface area contributed by atoms with Gasteiger partial charge in [-0.25, -0.2) is 0 Å². The van der Waals surface area contributed by atoms with Crippen molar-refractivity contribution in [1.82, 2.24) is 10.2 Å². The van der Waals surface area contributed by atoms with Gasteiger partial charge in [0, 0.05) is 19.0 Å². The van der Waals surface area contributed by atoms with Crippen LogP contribution in [0, 0.1) is 0 Å². The maximum Gasteiger partial charge on any atom is 0.303 e. The van der Waals surface area contributed by atoms with Gasteiger partial charge in [0.25, 0.3) is 5.91 Å². The minimum atomic E-state index is -0.820. The Hall–Kier alpha value is -2.13. The number of carboxylic acid groups (broad SMARTS) is 1. The summed E-state index contributed by atoms with van der Waals surface area (Å²) in [5.74, 6) is -0.886. The van der Waals surface area contributed by atoms with Crippen LogP contribution in [0.4, 0.5) is 0 Å². The van der Waals surface area contributed by atoms with Gasteiger partial charge < -0.3 is 14.8 Å². The molecule has 9 heteroatoms. The van der Waals surface area contributed by atoms with Crippen molar-refractivity contribution < 1.29 is 23.9 Å². The number of nitrogens with one attached hydrogen (secondary N) is 1. The number of furan rings is 1. The molecule has 7 nitrogen and oxygen atoms in total. The Labute approximate surface area is 160 Å². The maximum absolute atomic E-state index is 12.5. The van der Waals surface area contributed by atoms with Crippen molar-refractivity contribution >= 4 is 52.2 Å². The molecule has 1 aliphatic rings. The molecule has 1 fully saturated rings. The highest BCUT2D eigenvalue weighted by Crippen LogP contribution is 2.34. The normalized spacial score (nSPS) is 17.0. The molecule has 0 bridgehead atoms. The molecule has 0 radical (unpaired) electrons. The van der Waals surface area contributed by atoms with Gasteiger partial charge in [-0.3, -0.25) is 19.3 Å². The second-order valence-corrected chi connectivity index (χ2v) is 7.41. The van der Waals surface area contributed by atoms with Crippen molar-refractivity contribution in [3.63, 3.8) is 0 Å². The van der Waals surface area contributed by atoms with Crippen molar-refractivity contribution in [1.29, 1.82) is 0 Å². The second kappa shape index (κ2) is 9.54. The van der Waals surface area contributed by atoms with Crippen molar-refractivity contribution in [2.45, 2.75) is 38.6 Å². The molecular formula is C17H20N2O5S2. The number of carboxylic acids is 1. The molecule has 140 valence electrons. The fraction of sp³-hybridized carbons (Fsp3) is 0.412. The molecule has 1 aliphatic heterocycles. The number of carbonyl (C=O) groups is 3. The Morgan fingerprint density at radius 1 is 1.42 bits per heavy atom. The third-order valence-electron chi connectivity index (χ3n) is 3.77. The minimum Gasteiger partial charge on any atom is -0.481 e. The highest BCUT2D eigenvalue weighted by Gasteiger charge is 2.38. The van der Waals surface area contributed by atoms with E-state index < -0.39 is 12.0 Å². The quantitative estimate of drug-likeness (QED) is 0.376. The first-order chi connectivity index (χ1) is 12.4. The maximum atomic E-state index is 12.5. The number of aliphatic carboxylic acids is 1. The molecular weight excluding hydrogens is 376 g/mol. The molecule has 0 spiro atoms. The Morgan fingerprint density at radius 3 is 2.85 bits per heavy atom. The van der Waals surface area contributed by atoms with Gasteiger partial charge in [-0.1, -0.05) is 30.4 Å². The van der Waals surface area contributed by atoms with Crippen LogP contribution in [-0.4, -0.2) is 44.7 Å². The van der Waals surface area contributed by atoms with E-state index in [9.17, 15) is 14.4 Å². The molecule has 2 rings (SSSR count). The van der Waals surface area contributed by atoms with Crippen molar-refractivity contribution in [3.05, 3.63) is 29.1 Å². The summed E-state index contributed by atoms with van der Waals surface area (Å²) in [6.45, 7) is 2.06. The number of carbonyl (C=O) groups excluding carboxylic acids is 2. The van der Waals surface area contributed by atoms with Gasteiger partial charge in [-0.15, -0.1) is 0 Å². The summed E-state index contributed by atoms with van der Waals surface area (Å²) in [4.78, 5) is 37.0. The van der Waals surface area contributed by atoms with Crippen LogP contribution in [0.25, 0.3) is 6.08 Å². The summed E-state index contributed by atoms with van der Waals surface area (Å²) in [5, 5.41) is 11.3. The van der Waals surface area contributed by atoms with Crippen LogP contribution in [0.2, 0.25) is 0 Å². The Kier molecular flexibility index (Phi) is 7.40. The number of unbranched alkanes of at least 4 members (excludes halogenated alkanes) is 2. The topological polar surface area (TPSA) is 99.9 Å². The number of hydrogen-bond acceptors (Lipinski definition) is 6. The van der Waals surface area contributed by atoms with Crippen molar-refractivity contribution in [3.8, 4) is 0 Å². The lowest BCUT2D eigenvalue weighted by Gasteiger charge is -2.22. The highest BCUT2D eigenvalue weighted by atomic mass is 32.2. The van der Waals surface area contributed by atoms with Crippen molar-refractivity contribution in [2.24, 2.45) is 0 Å². The highest BCUT2D eigenvalue weighted by molar-refractivity contribution is 8.26. The summed E-state index contributed by atoms with van der Waals surface area (Å²) in [6, 6.07) is 2.73. The molecule has 1 unspecified atom stereocenters. The Bertz CT molecular complexity index is 715. The molecule has 1 aromatic rings. The fourth-order valence-electron chi connectivity index (χ4n) is 2.37. The van der Waals surface area contributed by atoms with Gasteiger partial charge in [0.1, 0.15) is 16.1 Å². The van der Waals surface area contributed by atoms with E-state index in [4.69, 9.17) is 21.7 Å². The molecule has 1 saturated heterocycles. The molecule has 1 aromatic heterocycles. The summed E-state index contributed by atoms with van der Waals surface area (Å²) in [6.07, 6.45) is 5.22. The van der Waals surface area contributed by atoms with Crippen LogP contribution >= 0.6 is 24.0 Å². The van der Waals surface area contributed by atoms with Gasteiger partial charge in [-0.2, -0.15) is 0 Å². The minimum absolute atomic E-state index is 0.128. The largest absolute Gasteiger partial charge is 0.481 e. The first-order valence-corrected chi connectivity index (χ1v) is 9.42. The van der Waals surface area contributed by atoms with E-state index in [0.717, 1.165) is 11.8 Å². The van der Waals surface area contributed by atoms with Gasteiger partial charge in [0.2, 0.25) is 5.91 Å². The van der Waals surface area contributed by atoms with E-state index in [0.29, 0.717) is 40.8 Å². The zero-order valence-corrected chi connectivity index (χ0v) is 15.9. The van der Waals surface area contributed by atoms with E-state index >= 15 is 0 Å². The van der Waals surface area contributed by atoms with E-state index in [1.54, 1.807) is 25.1 Å². The van der Waals surface area contributed by atoms with Gasteiger partial charge in [-0.05, 0) is 31.9 Å². The predicted octanol–water partition coefficient (Wildman–Crippen LogP) is 2.63. The van der Waals surface area contributed by atoms with Gasteiger partial charge in [0.05, 0.1) is 11.2 Å².